The van der Waals surface area contributed by atoms with Crippen molar-refractivity contribution in [3.05, 3.63) is 147 Å². The summed E-state index contributed by atoms with van der Waals surface area (Å²) in [5.74, 6) is 0. The number of hydrogen-bond acceptors (Lipinski definition) is 9. The number of nitrogens with zero attached hydrogens (tertiary/aromatic N) is 9. The van der Waals surface area contributed by atoms with Crippen LogP contribution in [0, 0.1) is 71.0 Å². The molecule has 52 heavy (non-hydrogen) atoms. The van der Waals surface area contributed by atoms with Crippen LogP contribution >= 0.6 is 0 Å². The maximum atomic E-state index is 6.25. The number of aliphatic imine (C=N–C) groups is 1. The average molecular weight is 881 g/mol. The predicted molar refractivity (Wildman–Crippen MR) is 190 cm³/mol. The van der Waals surface area contributed by atoms with Crippen molar-refractivity contribution in [1.29, 1.82) is 31.6 Å². The number of anilines is 2. The summed E-state index contributed by atoms with van der Waals surface area (Å²) in [6.45, 7) is 44.2. The van der Waals surface area contributed by atoms with Crippen LogP contribution in [0.3, 0.4) is 0 Å². The zero-order valence-corrected chi connectivity index (χ0v) is 33.3. The molecular formula is C39H40Cu3FeN9. The second kappa shape index (κ2) is 40.9. The van der Waals surface area contributed by atoms with Crippen LogP contribution in [-0.2, 0) is 68.3 Å². The summed E-state index contributed by atoms with van der Waals surface area (Å²) in [7, 11) is 0. The van der Waals surface area contributed by atoms with Crippen LogP contribution in [0.15, 0.2) is 89.9 Å². The van der Waals surface area contributed by atoms with Gasteiger partial charge in [-0.2, -0.15) is 0 Å². The molecule has 1 aliphatic rings. The molecule has 0 amide bonds. The second-order valence-electron chi connectivity index (χ2n) is 8.97. The molecule has 0 bridgehead atoms. The average Bonchev–Trinajstić information content (AvgIpc) is 3.19. The molecule has 0 unspecified atom stereocenters. The summed E-state index contributed by atoms with van der Waals surface area (Å²) >= 11 is 0. The summed E-state index contributed by atoms with van der Waals surface area (Å²) in [5.41, 5.74) is 11.0. The topological polar surface area (TPSA) is 162 Å². The largest absolute Gasteiger partial charge is 2.00 e. The molecule has 282 valence electrons. The van der Waals surface area contributed by atoms with Crippen molar-refractivity contribution in [3.8, 4) is 0 Å². The Labute approximate surface area is 355 Å². The monoisotopic (exact) mass is 879 g/mol. The number of benzene rings is 3. The second-order valence-corrected chi connectivity index (χ2v) is 8.97. The van der Waals surface area contributed by atoms with Crippen LogP contribution in [0.4, 0.5) is 11.4 Å². The van der Waals surface area contributed by atoms with E-state index in [2.05, 4.69) is 129 Å². The van der Waals surface area contributed by atoms with Gasteiger partial charge >= 0.3 is 69.7 Å². The maximum absolute atomic E-state index is 6.25. The number of fused-ring (bicyclic) bond motifs is 1. The van der Waals surface area contributed by atoms with Crippen LogP contribution in [0.1, 0.15) is 58.3 Å². The van der Waals surface area contributed by atoms with Gasteiger partial charge in [-0.3, -0.25) is 4.99 Å². The summed E-state index contributed by atoms with van der Waals surface area (Å²) < 4.78 is 0. The summed E-state index contributed by atoms with van der Waals surface area (Å²) in [5, 5.41) is 37.5. The molecule has 0 aromatic heterocycles. The zero-order valence-electron chi connectivity index (χ0n) is 30.4. The van der Waals surface area contributed by atoms with Gasteiger partial charge in [0, 0.05) is 49.7 Å². The first-order chi connectivity index (χ1) is 23.6. The fourth-order valence-corrected chi connectivity index (χ4v) is 5.14. The Balaban J connectivity index is -0.000000181. The fraction of sp³-hybridized carbons (Fsp3) is 0.256. The first-order valence-electron chi connectivity index (χ1n) is 14.8. The Bertz CT molecular complexity index is 1450. The van der Waals surface area contributed by atoms with E-state index in [0.717, 1.165) is 38.4 Å². The number of allylic oxidation sites excluding steroid dienone is 3. The van der Waals surface area contributed by atoms with Gasteiger partial charge in [-0.25, -0.2) is 0 Å². The van der Waals surface area contributed by atoms with Crippen molar-refractivity contribution in [2.75, 3.05) is 42.5 Å². The molecule has 0 atom stereocenters. The van der Waals surface area contributed by atoms with Crippen LogP contribution in [0.2, 0.25) is 0 Å². The first-order valence-corrected chi connectivity index (χ1v) is 14.8. The van der Waals surface area contributed by atoms with Crippen molar-refractivity contribution in [1.82, 2.24) is 0 Å². The van der Waals surface area contributed by atoms with Gasteiger partial charge in [0.05, 0.1) is 5.71 Å². The van der Waals surface area contributed by atoms with Crippen molar-refractivity contribution >= 4 is 28.2 Å². The molecule has 1 aliphatic carbocycles. The SMILES string of the molecule is CCN=C1C=CC(=C(c2ccc(N(CC)CC)cc2)c2ccc(N(CC)CC)cc2)c2ccccc21.[C-]#N.[C-]#N.[C-]#N.[C-]#N.[C-]#N.[C-]#N.[Cu+].[Cu+].[Cu+].[Fe+2].[H+]. The van der Waals surface area contributed by atoms with E-state index in [1.165, 1.54) is 44.8 Å². The fourth-order valence-electron chi connectivity index (χ4n) is 5.14. The van der Waals surface area contributed by atoms with Crippen LogP contribution in [0.5, 0.6) is 0 Å². The van der Waals surface area contributed by atoms with E-state index in [-0.39, 0.29) is 69.7 Å². The Hall–Kier alpha value is -4.57. The van der Waals surface area contributed by atoms with E-state index >= 15 is 0 Å². The first kappa shape index (κ1) is 62.6. The van der Waals surface area contributed by atoms with Gasteiger partial charge in [0.2, 0.25) is 0 Å². The van der Waals surface area contributed by atoms with Gasteiger partial charge in [-0.15, -0.1) is 0 Å². The molecule has 0 radical (unpaired) electrons. The third-order valence-corrected chi connectivity index (χ3v) is 7.07. The Morgan fingerprint density at radius 3 is 1.15 bits per heavy atom. The van der Waals surface area contributed by atoms with Crippen LogP contribution in [0.25, 0.3) is 11.1 Å². The molecule has 0 N–H and O–H groups in total. The Kier molecular flexibility index (Phi) is 49.1. The van der Waals surface area contributed by atoms with Gasteiger partial charge in [0.1, 0.15) is 0 Å². The van der Waals surface area contributed by atoms with Gasteiger partial charge < -0.3 is 80.8 Å². The van der Waals surface area contributed by atoms with Crippen LogP contribution in [-0.4, -0.2) is 38.4 Å². The molecule has 4 rings (SSSR count). The molecular weight excluding hydrogens is 841 g/mol. The van der Waals surface area contributed by atoms with Crippen molar-refractivity contribution in [2.24, 2.45) is 4.99 Å². The maximum Gasteiger partial charge on any atom is 2.00 e. The summed E-state index contributed by atoms with van der Waals surface area (Å²) in [6.07, 6.45) is 4.43. The molecule has 13 heteroatoms. The molecule has 0 fully saturated rings. The van der Waals surface area contributed by atoms with E-state index in [1.807, 2.05) is 0 Å². The van der Waals surface area contributed by atoms with E-state index in [1.54, 1.807) is 0 Å². The molecule has 3 aromatic rings. The van der Waals surface area contributed by atoms with E-state index in [0.29, 0.717) is 0 Å². The molecule has 9 nitrogen and oxygen atoms in total. The van der Waals surface area contributed by atoms with E-state index in [9.17, 15) is 0 Å². The minimum absolute atomic E-state index is 0. The zero-order chi connectivity index (χ0) is 37.5. The third kappa shape index (κ3) is 18.1. The quantitative estimate of drug-likeness (QED) is 0.153. The Morgan fingerprint density at radius 1 is 0.519 bits per heavy atom. The molecule has 0 spiro atoms. The Morgan fingerprint density at radius 2 is 0.846 bits per heavy atom. The van der Waals surface area contributed by atoms with Gasteiger partial charge in [0.25, 0.3) is 0 Å². The van der Waals surface area contributed by atoms with Gasteiger partial charge in [-0.05, 0) is 92.8 Å². The molecule has 0 aliphatic heterocycles. The van der Waals surface area contributed by atoms with Crippen molar-refractivity contribution < 1.29 is 69.7 Å². The molecule has 0 heterocycles. The minimum Gasteiger partial charge on any atom is -0.512 e. The van der Waals surface area contributed by atoms with Gasteiger partial charge in [-0.1, -0.05) is 54.6 Å². The van der Waals surface area contributed by atoms with E-state index in [4.69, 9.17) is 76.0 Å². The number of hydrogen-bond donors (Lipinski definition) is 0. The molecule has 0 saturated carbocycles. The van der Waals surface area contributed by atoms with Crippen LogP contribution < -0.4 is 9.80 Å². The van der Waals surface area contributed by atoms with Crippen molar-refractivity contribution in [3.63, 3.8) is 0 Å². The number of rotatable bonds is 9. The summed E-state index contributed by atoms with van der Waals surface area (Å²) in [6, 6.07) is 26.8. The molecule has 3 aromatic carbocycles. The van der Waals surface area contributed by atoms with Gasteiger partial charge in [0.15, 0.2) is 0 Å². The molecule has 0 saturated heterocycles. The normalized spacial score (nSPS) is 9.63. The standard InChI is InChI=1S/C33H39N3.6CN.3Cu.Fe/c1-6-34-32-24-23-31(29-13-11-12-14-30(29)32)33(25-15-19-27(20-16-25)35(7-2)8-3)26-17-21-28(22-18-26)36(9-4)10-5;6*1-2;;;;/h11-24H,6-10H2,1-5H3;;;;;;;;;;/q;6*-1;3*+1;+2/p+1. The predicted octanol–water partition coefficient (Wildman–Crippen LogP) is 8.40. The van der Waals surface area contributed by atoms with E-state index < -0.39 is 0 Å². The minimum atomic E-state index is 0. The smallest absolute Gasteiger partial charge is 0.512 e. The van der Waals surface area contributed by atoms with Crippen molar-refractivity contribution in [2.45, 2.75) is 34.6 Å². The summed E-state index contributed by atoms with van der Waals surface area (Å²) in [4.78, 5) is 9.54. The third-order valence-electron chi connectivity index (χ3n) is 7.07.